The summed E-state index contributed by atoms with van der Waals surface area (Å²) in [6, 6.07) is 3.22. The number of phenolic OH excluding ortho intramolecular Hbond substituents is 2. The molecule has 0 aromatic heterocycles. The number of aryl methyl sites for hydroxylation is 1. The monoisotopic (exact) mass is 376 g/mol. The van der Waals surface area contributed by atoms with Gasteiger partial charge in [0.2, 0.25) is 0 Å². The van der Waals surface area contributed by atoms with E-state index in [4.69, 9.17) is 0 Å². The quantitative estimate of drug-likeness (QED) is 0.425. The van der Waals surface area contributed by atoms with Gasteiger partial charge in [-0.15, -0.1) is 0 Å². The summed E-state index contributed by atoms with van der Waals surface area (Å²) < 4.78 is 0. The molecular formula is C23H36O4. The van der Waals surface area contributed by atoms with Crippen molar-refractivity contribution < 1.29 is 20.1 Å². The summed E-state index contributed by atoms with van der Waals surface area (Å²) in [6.07, 6.45) is 10.2. The maximum Gasteiger partial charge on any atom is 0.309 e. The van der Waals surface area contributed by atoms with E-state index in [1.807, 2.05) is 0 Å². The standard InChI is InChI=1S/C23H36O4/c1-22(2,3)11-8-6-9-17-15-18(24)16-20(25)19(17)10-5-4-7-12-23(13-14-23)21(26)27/h15-16,24-25H,4-14H2,1-3H3,(H,26,27). The van der Waals surface area contributed by atoms with Crippen LogP contribution in [0, 0.1) is 10.8 Å². The van der Waals surface area contributed by atoms with E-state index in [0.717, 1.165) is 75.3 Å². The zero-order valence-electron chi connectivity index (χ0n) is 17.2. The van der Waals surface area contributed by atoms with Crippen LogP contribution in [0.1, 0.15) is 89.7 Å². The number of aliphatic carboxylic acids is 1. The number of benzene rings is 1. The molecule has 0 amide bonds. The summed E-state index contributed by atoms with van der Waals surface area (Å²) in [5.41, 5.74) is 1.89. The third kappa shape index (κ3) is 6.75. The van der Waals surface area contributed by atoms with Crippen molar-refractivity contribution in [1.29, 1.82) is 0 Å². The van der Waals surface area contributed by atoms with Gasteiger partial charge in [0.25, 0.3) is 0 Å². The van der Waals surface area contributed by atoms with E-state index in [2.05, 4.69) is 20.8 Å². The van der Waals surface area contributed by atoms with Crippen molar-refractivity contribution in [3.63, 3.8) is 0 Å². The molecule has 27 heavy (non-hydrogen) atoms. The molecule has 1 aromatic carbocycles. The van der Waals surface area contributed by atoms with Crippen LogP contribution in [0.5, 0.6) is 11.5 Å². The van der Waals surface area contributed by atoms with E-state index in [1.54, 1.807) is 6.07 Å². The lowest BCUT2D eigenvalue weighted by atomic mass is 9.88. The SMILES string of the molecule is CC(C)(C)CCCCc1cc(O)cc(O)c1CCCCCC1(C(=O)O)CC1. The summed E-state index contributed by atoms with van der Waals surface area (Å²) in [4.78, 5) is 11.2. The van der Waals surface area contributed by atoms with Gasteiger partial charge in [-0.05, 0) is 74.0 Å². The minimum atomic E-state index is -0.642. The van der Waals surface area contributed by atoms with E-state index in [0.29, 0.717) is 5.41 Å². The molecule has 2 rings (SSSR count). The second kappa shape index (κ2) is 8.99. The summed E-state index contributed by atoms with van der Waals surface area (Å²) in [6.45, 7) is 6.73. The molecule has 1 aromatic rings. The lowest BCUT2D eigenvalue weighted by Gasteiger charge is -2.18. The third-order valence-corrected chi connectivity index (χ3v) is 5.82. The Bertz CT molecular complexity index is 639. The molecule has 4 nitrogen and oxygen atoms in total. The average Bonchev–Trinajstić information content (AvgIpc) is 3.33. The number of carboxylic acids is 1. The van der Waals surface area contributed by atoms with E-state index in [1.165, 1.54) is 12.5 Å². The Labute approximate surface area is 163 Å². The number of hydrogen-bond acceptors (Lipinski definition) is 3. The Kier molecular flexibility index (Phi) is 7.19. The van der Waals surface area contributed by atoms with Gasteiger partial charge < -0.3 is 15.3 Å². The second-order valence-corrected chi connectivity index (χ2v) is 9.52. The predicted molar refractivity (Wildman–Crippen MR) is 108 cm³/mol. The molecular weight excluding hydrogens is 340 g/mol. The van der Waals surface area contributed by atoms with Crippen molar-refractivity contribution >= 4 is 5.97 Å². The van der Waals surface area contributed by atoms with Crippen LogP contribution in [0.15, 0.2) is 12.1 Å². The fourth-order valence-electron chi connectivity index (χ4n) is 3.85. The number of carbonyl (C=O) groups is 1. The number of rotatable bonds is 11. The number of unbranched alkanes of at least 4 members (excludes halogenated alkanes) is 3. The maximum atomic E-state index is 11.2. The predicted octanol–water partition coefficient (Wildman–Crippen LogP) is 5.82. The fraction of sp³-hybridized carbons (Fsp3) is 0.696. The Morgan fingerprint density at radius 1 is 1.00 bits per heavy atom. The molecule has 0 radical (unpaired) electrons. The highest BCUT2D eigenvalue weighted by atomic mass is 16.4. The van der Waals surface area contributed by atoms with Gasteiger partial charge in [-0.1, -0.05) is 40.0 Å². The van der Waals surface area contributed by atoms with Crippen molar-refractivity contribution in [2.24, 2.45) is 10.8 Å². The zero-order valence-corrected chi connectivity index (χ0v) is 17.2. The first-order valence-electron chi connectivity index (χ1n) is 10.4. The number of carboxylic acid groups (broad SMARTS) is 1. The molecule has 4 heteroatoms. The molecule has 0 heterocycles. The molecule has 3 N–H and O–H groups in total. The molecule has 152 valence electrons. The van der Waals surface area contributed by atoms with E-state index in [-0.39, 0.29) is 11.5 Å². The lowest BCUT2D eigenvalue weighted by molar-refractivity contribution is -0.143. The molecule has 0 atom stereocenters. The molecule has 0 unspecified atom stereocenters. The highest BCUT2D eigenvalue weighted by Gasteiger charge is 2.49. The van der Waals surface area contributed by atoms with E-state index in [9.17, 15) is 20.1 Å². The summed E-state index contributed by atoms with van der Waals surface area (Å²) >= 11 is 0. The lowest BCUT2D eigenvalue weighted by Crippen LogP contribution is -2.14. The van der Waals surface area contributed by atoms with Crippen LogP contribution in [-0.2, 0) is 17.6 Å². The molecule has 0 saturated heterocycles. The molecule has 1 saturated carbocycles. The Morgan fingerprint density at radius 3 is 2.26 bits per heavy atom. The van der Waals surface area contributed by atoms with Crippen LogP contribution in [0.2, 0.25) is 0 Å². The van der Waals surface area contributed by atoms with Gasteiger partial charge in [-0.2, -0.15) is 0 Å². The van der Waals surface area contributed by atoms with Crippen molar-refractivity contribution in [1.82, 2.24) is 0 Å². The molecule has 1 aliphatic carbocycles. The van der Waals surface area contributed by atoms with Crippen LogP contribution in [-0.4, -0.2) is 21.3 Å². The average molecular weight is 377 g/mol. The summed E-state index contributed by atoms with van der Waals surface area (Å²) in [5.74, 6) is -0.333. The van der Waals surface area contributed by atoms with Crippen LogP contribution in [0.4, 0.5) is 0 Å². The minimum Gasteiger partial charge on any atom is -0.508 e. The highest BCUT2D eigenvalue weighted by Crippen LogP contribution is 2.50. The highest BCUT2D eigenvalue weighted by molar-refractivity contribution is 5.77. The summed E-state index contributed by atoms with van der Waals surface area (Å²) in [7, 11) is 0. The Balaban J connectivity index is 1.83. The largest absolute Gasteiger partial charge is 0.508 e. The van der Waals surface area contributed by atoms with Gasteiger partial charge in [0, 0.05) is 6.07 Å². The van der Waals surface area contributed by atoms with Gasteiger partial charge in [0.05, 0.1) is 5.41 Å². The van der Waals surface area contributed by atoms with E-state index < -0.39 is 11.4 Å². The smallest absolute Gasteiger partial charge is 0.309 e. The van der Waals surface area contributed by atoms with Crippen molar-refractivity contribution in [3.8, 4) is 11.5 Å². The van der Waals surface area contributed by atoms with Crippen LogP contribution in [0.25, 0.3) is 0 Å². The zero-order chi connectivity index (χ0) is 20.1. The maximum absolute atomic E-state index is 11.2. The molecule has 0 aliphatic heterocycles. The number of phenols is 2. The molecule has 0 spiro atoms. The first-order valence-corrected chi connectivity index (χ1v) is 10.4. The van der Waals surface area contributed by atoms with Gasteiger partial charge >= 0.3 is 5.97 Å². The molecule has 0 bridgehead atoms. The first kappa shape index (κ1) is 21.6. The number of hydrogen-bond donors (Lipinski definition) is 3. The normalized spacial score (nSPS) is 15.7. The van der Waals surface area contributed by atoms with Crippen molar-refractivity contribution in [2.45, 2.75) is 91.4 Å². The fourth-order valence-corrected chi connectivity index (χ4v) is 3.85. The van der Waals surface area contributed by atoms with Gasteiger partial charge in [0.1, 0.15) is 11.5 Å². The van der Waals surface area contributed by atoms with Gasteiger partial charge in [0.15, 0.2) is 0 Å². The number of aromatic hydroxyl groups is 2. The molecule has 1 fully saturated rings. The summed E-state index contributed by atoms with van der Waals surface area (Å²) in [5, 5.41) is 29.4. The Hall–Kier alpha value is -1.71. The Morgan fingerprint density at radius 2 is 1.67 bits per heavy atom. The van der Waals surface area contributed by atoms with Crippen LogP contribution >= 0.6 is 0 Å². The van der Waals surface area contributed by atoms with E-state index >= 15 is 0 Å². The van der Waals surface area contributed by atoms with Crippen molar-refractivity contribution in [2.75, 3.05) is 0 Å². The van der Waals surface area contributed by atoms with Gasteiger partial charge in [-0.3, -0.25) is 4.79 Å². The topological polar surface area (TPSA) is 77.8 Å². The second-order valence-electron chi connectivity index (χ2n) is 9.52. The molecule has 1 aliphatic rings. The first-order chi connectivity index (χ1) is 12.6. The van der Waals surface area contributed by atoms with Crippen LogP contribution < -0.4 is 0 Å². The van der Waals surface area contributed by atoms with Gasteiger partial charge in [-0.25, -0.2) is 0 Å². The van der Waals surface area contributed by atoms with Crippen LogP contribution in [0.3, 0.4) is 0 Å². The van der Waals surface area contributed by atoms with Crippen molar-refractivity contribution in [3.05, 3.63) is 23.3 Å². The third-order valence-electron chi connectivity index (χ3n) is 5.82. The minimum absolute atomic E-state index is 0.124.